The SMILES string of the molecule is Cc1oc2ncn(C)c(=O)c2c1C(=O)Nc1cccc(Cl)c1. The summed E-state index contributed by atoms with van der Waals surface area (Å²) in [6.45, 7) is 1.62. The molecule has 0 spiro atoms. The number of carbonyl (C=O) groups excluding carboxylic acids is 1. The topological polar surface area (TPSA) is 77.1 Å². The lowest BCUT2D eigenvalue weighted by atomic mass is 10.1. The van der Waals surface area contributed by atoms with E-state index in [1.165, 1.54) is 10.9 Å². The van der Waals surface area contributed by atoms with Crippen molar-refractivity contribution < 1.29 is 9.21 Å². The molecule has 1 amide bonds. The maximum atomic E-state index is 12.5. The van der Waals surface area contributed by atoms with Crippen LogP contribution in [0.1, 0.15) is 16.1 Å². The van der Waals surface area contributed by atoms with Gasteiger partial charge in [-0.1, -0.05) is 17.7 Å². The third-order valence-corrected chi connectivity index (χ3v) is 3.49. The van der Waals surface area contributed by atoms with Crippen LogP contribution in [0, 0.1) is 6.92 Å². The van der Waals surface area contributed by atoms with Gasteiger partial charge in [0, 0.05) is 17.8 Å². The van der Waals surface area contributed by atoms with Crippen molar-refractivity contribution in [3.05, 3.63) is 57.3 Å². The smallest absolute Gasteiger partial charge is 0.265 e. The Balaban J connectivity index is 2.10. The summed E-state index contributed by atoms with van der Waals surface area (Å²) in [5.41, 5.74) is 0.533. The first-order valence-corrected chi connectivity index (χ1v) is 6.87. The van der Waals surface area contributed by atoms with Crippen LogP contribution in [-0.2, 0) is 7.05 Å². The van der Waals surface area contributed by atoms with Gasteiger partial charge in [0.15, 0.2) is 0 Å². The highest BCUT2D eigenvalue weighted by Gasteiger charge is 2.22. The summed E-state index contributed by atoms with van der Waals surface area (Å²) in [6, 6.07) is 6.75. The van der Waals surface area contributed by atoms with Gasteiger partial charge >= 0.3 is 0 Å². The van der Waals surface area contributed by atoms with Crippen LogP contribution in [0.4, 0.5) is 5.69 Å². The molecule has 0 aliphatic carbocycles. The van der Waals surface area contributed by atoms with Crippen molar-refractivity contribution in [1.29, 1.82) is 0 Å². The van der Waals surface area contributed by atoms with Crippen molar-refractivity contribution in [1.82, 2.24) is 9.55 Å². The highest BCUT2D eigenvalue weighted by molar-refractivity contribution is 6.31. The molecule has 3 aromatic rings. The molecule has 0 saturated heterocycles. The molecule has 3 rings (SSSR count). The molecular formula is C15H12ClN3O3. The fourth-order valence-corrected chi connectivity index (χ4v) is 2.41. The fraction of sp³-hybridized carbons (Fsp3) is 0.133. The fourth-order valence-electron chi connectivity index (χ4n) is 2.22. The van der Waals surface area contributed by atoms with E-state index in [1.54, 1.807) is 38.2 Å². The second kappa shape index (κ2) is 5.31. The molecule has 6 nitrogen and oxygen atoms in total. The van der Waals surface area contributed by atoms with Gasteiger partial charge in [-0.3, -0.25) is 9.59 Å². The molecule has 2 aromatic heterocycles. The van der Waals surface area contributed by atoms with E-state index < -0.39 is 5.91 Å². The van der Waals surface area contributed by atoms with E-state index >= 15 is 0 Å². The quantitative estimate of drug-likeness (QED) is 0.788. The van der Waals surface area contributed by atoms with Crippen LogP contribution in [0.25, 0.3) is 11.1 Å². The van der Waals surface area contributed by atoms with Crippen molar-refractivity contribution in [3.63, 3.8) is 0 Å². The Morgan fingerprint density at radius 2 is 2.18 bits per heavy atom. The Morgan fingerprint density at radius 1 is 1.41 bits per heavy atom. The van der Waals surface area contributed by atoms with Crippen LogP contribution in [-0.4, -0.2) is 15.5 Å². The predicted octanol–water partition coefficient (Wildman–Crippen LogP) is 2.74. The third-order valence-electron chi connectivity index (χ3n) is 3.26. The number of fused-ring (bicyclic) bond motifs is 1. The average Bonchev–Trinajstić information content (AvgIpc) is 2.80. The summed E-state index contributed by atoms with van der Waals surface area (Å²) in [4.78, 5) is 28.8. The molecule has 0 fully saturated rings. The molecule has 0 unspecified atom stereocenters. The number of rotatable bonds is 2. The van der Waals surface area contributed by atoms with Gasteiger partial charge < -0.3 is 14.3 Å². The van der Waals surface area contributed by atoms with Crippen LogP contribution in [0.15, 0.2) is 39.8 Å². The van der Waals surface area contributed by atoms with E-state index in [2.05, 4.69) is 10.3 Å². The molecule has 0 radical (unpaired) electrons. The van der Waals surface area contributed by atoms with Crippen LogP contribution in [0.5, 0.6) is 0 Å². The molecule has 7 heteroatoms. The number of hydrogen-bond acceptors (Lipinski definition) is 4. The number of halogens is 1. The van der Waals surface area contributed by atoms with Gasteiger partial charge in [-0.05, 0) is 25.1 Å². The third kappa shape index (κ3) is 2.37. The van der Waals surface area contributed by atoms with Gasteiger partial charge in [-0.25, -0.2) is 4.98 Å². The largest absolute Gasteiger partial charge is 0.442 e. The summed E-state index contributed by atoms with van der Waals surface area (Å²) in [6.07, 6.45) is 1.35. The summed E-state index contributed by atoms with van der Waals surface area (Å²) < 4.78 is 6.71. The van der Waals surface area contributed by atoms with Gasteiger partial charge in [0.25, 0.3) is 11.5 Å². The standard InChI is InChI=1S/C15H12ClN3O3/c1-8-11(12-14(22-8)17-7-19(2)15(12)21)13(20)18-10-5-3-4-9(16)6-10/h3-7H,1-2H3,(H,18,20). The Hall–Kier alpha value is -2.60. The van der Waals surface area contributed by atoms with Crippen LogP contribution < -0.4 is 10.9 Å². The molecule has 0 atom stereocenters. The summed E-state index contributed by atoms with van der Waals surface area (Å²) >= 11 is 5.89. The monoisotopic (exact) mass is 317 g/mol. The second-order valence-electron chi connectivity index (χ2n) is 4.84. The van der Waals surface area contributed by atoms with Gasteiger partial charge in [-0.15, -0.1) is 0 Å². The maximum absolute atomic E-state index is 12.5. The molecule has 22 heavy (non-hydrogen) atoms. The lowest BCUT2D eigenvalue weighted by Gasteiger charge is -2.05. The first kappa shape index (κ1) is 14.3. The van der Waals surface area contributed by atoms with Gasteiger partial charge in [0.05, 0.1) is 5.56 Å². The Bertz CT molecular complexity index is 943. The number of hydrogen-bond donors (Lipinski definition) is 1. The number of aryl methyl sites for hydroxylation is 2. The zero-order valence-corrected chi connectivity index (χ0v) is 12.6. The number of anilines is 1. The van der Waals surface area contributed by atoms with Gasteiger partial charge in [0.2, 0.25) is 5.71 Å². The normalized spacial score (nSPS) is 10.9. The Kier molecular flexibility index (Phi) is 3.46. The average molecular weight is 318 g/mol. The molecule has 1 N–H and O–H groups in total. The lowest BCUT2D eigenvalue weighted by molar-refractivity contribution is 0.102. The summed E-state index contributed by atoms with van der Waals surface area (Å²) in [5.74, 6) is -0.103. The first-order chi connectivity index (χ1) is 10.5. The Morgan fingerprint density at radius 3 is 2.91 bits per heavy atom. The highest BCUT2D eigenvalue weighted by Crippen LogP contribution is 2.23. The number of furan rings is 1. The highest BCUT2D eigenvalue weighted by atomic mass is 35.5. The zero-order valence-electron chi connectivity index (χ0n) is 11.9. The minimum Gasteiger partial charge on any atom is -0.442 e. The minimum absolute atomic E-state index is 0.150. The van der Waals surface area contributed by atoms with Crippen LogP contribution >= 0.6 is 11.6 Å². The number of carbonyl (C=O) groups is 1. The van der Waals surface area contributed by atoms with E-state index in [1.807, 2.05) is 0 Å². The number of nitrogens with zero attached hydrogens (tertiary/aromatic N) is 2. The molecule has 0 bridgehead atoms. The van der Waals surface area contributed by atoms with E-state index in [0.29, 0.717) is 16.5 Å². The molecule has 0 saturated carbocycles. The van der Waals surface area contributed by atoms with Crippen molar-refractivity contribution >= 4 is 34.3 Å². The maximum Gasteiger partial charge on any atom is 0.265 e. The number of benzene rings is 1. The van der Waals surface area contributed by atoms with Crippen LogP contribution in [0.2, 0.25) is 5.02 Å². The second-order valence-corrected chi connectivity index (χ2v) is 5.27. The van der Waals surface area contributed by atoms with E-state index in [9.17, 15) is 9.59 Å². The molecule has 112 valence electrons. The molecule has 0 aliphatic heterocycles. The van der Waals surface area contributed by atoms with Crippen molar-refractivity contribution in [2.24, 2.45) is 7.05 Å². The van der Waals surface area contributed by atoms with E-state index in [-0.39, 0.29) is 22.2 Å². The Labute approximate surface area is 130 Å². The van der Waals surface area contributed by atoms with Crippen molar-refractivity contribution in [3.8, 4) is 0 Å². The molecule has 2 heterocycles. The number of nitrogens with one attached hydrogen (secondary N) is 1. The van der Waals surface area contributed by atoms with Crippen LogP contribution in [0.3, 0.4) is 0 Å². The molecular weight excluding hydrogens is 306 g/mol. The molecule has 1 aromatic carbocycles. The minimum atomic E-state index is -0.441. The molecule has 0 aliphatic rings. The van der Waals surface area contributed by atoms with E-state index in [0.717, 1.165) is 0 Å². The number of amides is 1. The predicted molar refractivity (Wildman–Crippen MR) is 83.4 cm³/mol. The van der Waals surface area contributed by atoms with E-state index in [4.69, 9.17) is 16.0 Å². The zero-order chi connectivity index (χ0) is 15.9. The first-order valence-electron chi connectivity index (χ1n) is 6.49. The van der Waals surface area contributed by atoms with Gasteiger partial charge in [0.1, 0.15) is 17.5 Å². The number of aromatic nitrogens is 2. The lowest BCUT2D eigenvalue weighted by Crippen LogP contribution is -2.20. The summed E-state index contributed by atoms with van der Waals surface area (Å²) in [7, 11) is 1.57. The van der Waals surface area contributed by atoms with Gasteiger partial charge in [-0.2, -0.15) is 0 Å². The summed E-state index contributed by atoms with van der Waals surface area (Å²) in [5, 5.41) is 3.38. The van der Waals surface area contributed by atoms with Crippen molar-refractivity contribution in [2.45, 2.75) is 6.92 Å². The van der Waals surface area contributed by atoms with Crippen molar-refractivity contribution in [2.75, 3.05) is 5.32 Å².